The summed E-state index contributed by atoms with van der Waals surface area (Å²) >= 11 is 3.85. The summed E-state index contributed by atoms with van der Waals surface area (Å²) in [5, 5.41) is 9.94. The number of ether oxygens (including phenoxy) is 1. The highest BCUT2D eigenvalue weighted by Crippen LogP contribution is 2.46. The molecule has 1 aliphatic rings. The molecule has 0 atom stereocenters. The first-order valence-electron chi connectivity index (χ1n) is 8.75. The van der Waals surface area contributed by atoms with Gasteiger partial charge in [0.2, 0.25) is 0 Å². The van der Waals surface area contributed by atoms with Crippen molar-refractivity contribution in [3.05, 3.63) is 40.3 Å². The first-order chi connectivity index (χ1) is 12.3. The minimum Gasteiger partial charge on any atom is -0.492 e. The second-order valence-electron chi connectivity index (χ2n) is 7.53. The normalized spacial score (nSPS) is 15.7. The molecule has 140 valence electrons. The summed E-state index contributed by atoms with van der Waals surface area (Å²) in [6, 6.07) is 7.78. The number of carboxylic acid groups (broad SMARTS) is 1. The molecule has 0 spiro atoms. The number of nitrogens with zero attached hydrogens (tertiary/aromatic N) is 1. The van der Waals surface area contributed by atoms with Gasteiger partial charge < -0.3 is 9.84 Å². The Hall–Kier alpha value is -1.12. The zero-order valence-electron chi connectivity index (χ0n) is 15.3. The molecule has 2 aromatic rings. The average molecular weight is 485 g/mol. The first-order valence-corrected chi connectivity index (χ1v) is 10.5. The van der Waals surface area contributed by atoms with E-state index in [0.717, 1.165) is 47.6 Å². The molecule has 1 aromatic carbocycles. The van der Waals surface area contributed by atoms with Gasteiger partial charge >= 0.3 is 5.97 Å². The van der Waals surface area contributed by atoms with Crippen LogP contribution >= 0.6 is 34.2 Å². The van der Waals surface area contributed by atoms with Crippen LogP contribution in [-0.2, 0) is 12.8 Å². The van der Waals surface area contributed by atoms with E-state index in [1.807, 2.05) is 34.4 Å². The van der Waals surface area contributed by atoms with Gasteiger partial charge in [0.05, 0.1) is 10.4 Å². The molecule has 6 heteroatoms. The molecular weight excluding hydrogens is 461 g/mol. The van der Waals surface area contributed by atoms with Gasteiger partial charge in [0, 0.05) is 39.8 Å². The fraction of sp³-hybridized carbons (Fsp3) is 0.450. The largest absolute Gasteiger partial charge is 0.492 e. The number of fused-ring (bicyclic) bond motifs is 1. The summed E-state index contributed by atoms with van der Waals surface area (Å²) < 4.78 is 8.01. The molecule has 0 saturated carbocycles. The summed E-state index contributed by atoms with van der Waals surface area (Å²) in [6.07, 6.45) is 2.87. The third-order valence-electron chi connectivity index (χ3n) is 4.78. The van der Waals surface area contributed by atoms with Crippen LogP contribution in [0.5, 0.6) is 5.75 Å². The summed E-state index contributed by atoms with van der Waals surface area (Å²) in [5.41, 5.74) is 2.53. The molecular formula is C20H24INO3S. The Bertz CT molecular complexity index is 813. The number of para-hydroxylation sites is 1. The molecule has 0 aliphatic heterocycles. The Labute approximate surface area is 172 Å². The maximum Gasteiger partial charge on any atom is 0.337 e. The maximum atomic E-state index is 12.1. The lowest BCUT2D eigenvalue weighted by molar-refractivity contribution is 0.0696. The Balaban J connectivity index is 2.03. The van der Waals surface area contributed by atoms with Gasteiger partial charge in [-0.3, -0.25) is 0 Å². The maximum absolute atomic E-state index is 12.1. The Morgan fingerprint density at radius 1 is 1.38 bits per heavy atom. The number of aromatic carboxylic acids is 1. The molecule has 0 saturated heterocycles. The molecule has 26 heavy (non-hydrogen) atoms. The quantitative estimate of drug-likeness (QED) is 0.447. The number of aryl methyl sites for hydroxylation is 1. The van der Waals surface area contributed by atoms with E-state index < -0.39 is 5.97 Å². The number of thiophene rings is 1. The molecule has 0 bridgehead atoms. The van der Waals surface area contributed by atoms with E-state index in [9.17, 15) is 9.90 Å². The SMILES string of the molecule is CN(I)CCOc1ccccc1-c1sc2c(c1C(=O)O)CC(C)(C)CC2. The molecule has 4 nitrogen and oxygen atoms in total. The third kappa shape index (κ3) is 4.23. The lowest BCUT2D eigenvalue weighted by atomic mass is 9.76. The number of benzene rings is 1. The van der Waals surface area contributed by atoms with Crippen molar-refractivity contribution in [1.29, 1.82) is 0 Å². The van der Waals surface area contributed by atoms with E-state index in [1.165, 1.54) is 4.88 Å². The van der Waals surface area contributed by atoms with Crippen molar-refractivity contribution in [2.24, 2.45) is 5.41 Å². The highest BCUT2D eigenvalue weighted by Gasteiger charge is 2.33. The van der Waals surface area contributed by atoms with E-state index in [1.54, 1.807) is 11.3 Å². The minimum absolute atomic E-state index is 0.149. The Morgan fingerprint density at radius 3 is 2.81 bits per heavy atom. The molecule has 1 aromatic heterocycles. The van der Waals surface area contributed by atoms with Crippen LogP contribution in [0.25, 0.3) is 10.4 Å². The van der Waals surface area contributed by atoms with E-state index >= 15 is 0 Å². The molecule has 1 heterocycles. The highest BCUT2D eigenvalue weighted by atomic mass is 127. The van der Waals surface area contributed by atoms with E-state index in [0.29, 0.717) is 12.2 Å². The summed E-state index contributed by atoms with van der Waals surface area (Å²) in [5.74, 6) is -0.0805. The van der Waals surface area contributed by atoms with E-state index in [-0.39, 0.29) is 5.41 Å². The highest BCUT2D eigenvalue weighted by molar-refractivity contribution is 14.1. The zero-order chi connectivity index (χ0) is 18.9. The van der Waals surface area contributed by atoms with Crippen LogP contribution in [0.4, 0.5) is 0 Å². The van der Waals surface area contributed by atoms with Crippen molar-refractivity contribution in [3.63, 3.8) is 0 Å². The minimum atomic E-state index is -0.836. The molecule has 0 unspecified atom stereocenters. The number of rotatable bonds is 6. The van der Waals surface area contributed by atoms with Crippen LogP contribution in [0, 0.1) is 5.41 Å². The van der Waals surface area contributed by atoms with Gasteiger partial charge in [0.1, 0.15) is 12.4 Å². The standard InChI is InChI=1S/C20H24INO3S/c1-20(2)9-8-16-14(12-20)17(19(23)24)18(26-16)13-6-4-5-7-15(13)25-11-10-22(3)21/h4-7H,8-12H2,1-3H3,(H,23,24). The van der Waals surface area contributed by atoms with Crippen LogP contribution in [0.3, 0.4) is 0 Å². The molecule has 0 amide bonds. The third-order valence-corrected chi connectivity index (χ3v) is 6.58. The van der Waals surface area contributed by atoms with Gasteiger partial charge in [-0.15, -0.1) is 11.3 Å². The van der Waals surface area contributed by atoms with Crippen molar-refractivity contribution >= 4 is 40.2 Å². The van der Waals surface area contributed by atoms with Gasteiger partial charge in [-0.25, -0.2) is 7.91 Å². The summed E-state index contributed by atoms with van der Waals surface area (Å²) in [4.78, 5) is 14.2. The van der Waals surface area contributed by atoms with Gasteiger partial charge in [0.15, 0.2) is 0 Å². The monoisotopic (exact) mass is 485 g/mol. The summed E-state index contributed by atoms with van der Waals surface area (Å²) in [6.45, 7) is 5.81. The number of carbonyl (C=O) groups is 1. The fourth-order valence-corrected chi connectivity index (χ4v) is 4.93. The predicted molar refractivity (Wildman–Crippen MR) is 115 cm³/mol. The molecule has 0 radical (unpaired) electrons. The number of likely N-dealkylation sites (N-methyl/N-ethyl adjacent to an activating group) is 1. The number of hydrogen-bond donors (Lipinski definition) is 1. The second kappa shape index (κ2) is 7.86. The van der Waals surface area contributed by atoms with Gasteiger partial charge in [-0.05, 0) is 49.4 Å². The average Bonchev–Trinajstić information content (AvgIpc) is 2.92. The lowest BCUT2D eigenvalue weighted by Crippen LogP contribution is -2.22. The number of halogens is 1. The molecule has 1 N–H and O–H groups in total. The van der Waals surface area contributed by atoms with Crippen LogP contribution < -0.4 is 4.74 Å². The zero-order valence-corrected chi connectivity index (χ0v) is 18.3. The second-order valence-corrected chi connectivity index (χ2v) is 10.3. The topological polar surface area (TPSA) is 49.8 Å². The molecule has 1 aliphatic carbocycles. The van der Waals surface area contributed by atoms with Crippen molar-refractivity contribution in [2.45, 2.75) is 33.1 Å². The van der Waals surface area contributed by atoms with Crippen LogP contribution in [0.2, 0.25) is 0 Å². The van der Waals surface area contributed by atoms with Gasteiger partial charge in [-0.2, -0.15) is 0 Å². The number of hydrogen-bond acceptors (Lipinski definition) is 4. The van der Waals surface area contributed by atoms with Crippen LogP contribution in [0.1, 0.15) is 41.1 Å². The fourth-order valence-electron chi connectivity index (χ4n) is 3.40. The molecule has 0 fully saturated rings. The van der Waals surface area contributed by atoms with Crippen molar-refractivity contribution in [1.82, 2.24) is 3.11 Å². The predicted octanol–water partition coefficient (Wildman–Crippen LogP) is 5.29. The van der Waals surface area contributed by atoms with E-state index in [4.69, 9.17) is 4.74 Å². The van der Waals surface area contributed by atoms with E-state index in [2.05, 4.69) is 36.7 Å². The lowest BCUT2D eigenvalue weighted by Gasteiger charge is -2.29. The van der Waals surface area contributed by atoms with Crippen LogP contribution in [0.15, 0.2) is 24.3 Å². The first kappa shape index (κ1) is 19.6. The summed E-state index contributed by atoms with van der Waals surface area (Å²) in [7, 11) is 1.99. The Kier molecular flexibility index (Phi) is 5.94. The van der Waals surface area contributed by atoms with Crippen LogP contribution in [-0.4, -0.2) is 34.4 Å². The molecule has 3 rings (SSSR count). The van der Waals surface area contributed by atoms with Gasteiger partial charge in [-0.1, -0.05) is 26.0 Å². The van der Waals surface area contributed by atoms with Crippen molar-refractivity contribution < 1.29 is 14.6 Å². The Morgan fingerprint density at radius 2 is 2.12 bits per heavy atom. The van der Waals surface area contributed by atoms with Crippen molar-refractivity contribution in [3.8, 4) is 16.2 Å². The van der Waals surface area contributed by atoms with Gasteiger partial charge in [0.25, 0.3) is 0 Å². The smallest absolute Gasteiger partial charge is 0.337 e. The number of carboxylic acids is 1. The van der Waals surface area contributed by atoms with Crippen molar-refractivity contribution in [2.75, 3.05) is 20.2 Å².